The zero-order chi connectivity index (χ0) is 19.9. The molecular weight excluding hydrogens is 348 g/mol. The second-order valence-electron chi connectivity index (χ2n) is 7.67. The SMILES string of the molecule is C/C(=C\c1ccccc1)CNCc1ccc(C(=O)N2CC(C)OC(C)C2)cc1. The summed E-state index contributed by atoms with van der Waals surface area (Å²) in [7, 11) is 0. The summed E-state index contributed by atoms with van der Waals surface area (Å²) in [6.07, 6.45) is 2.37. The fraction of sp³-hybridized carbons (Fsp3) is 0.375. The van der Waals surface area contributed by atoms with Gasteiger partial charge in [0, 0.05) is 31.7 Å². The summed E-state index contributed by atoms with van der Waals surface area (Å²) in [5.41, 5.74) is 4.42. The highest BCUT2D eigenvalue weighted by molar-refractivity contribution is 5.94. The largest absolute Gasteiger partial charge is 0.372 e. The molecule has 2 aromatic carbocycles. The van der Waals surface area contributed by atoms with E-state index in [1.807, 2.05) is 61.2 Å². The molecule has 1 heterocycles. The van der Waals surface area contributed by atoms with Crippen LogP contribution in [0.2, 0.25) is 0 Å². The number of morpholine rings is 1. The average molecular weight is 379 g/mol. The van der Waals surface area contributed by atoms with Crippen molar-refractivity contribution in [1.29, 1.82) is 0 Å². The van der Waals surface area contributed by atoms with Crippen LogP contribution in [0.1, 0.15) is 42.3 Å². The van der Waals surface area contributed by atoms with Crippen LogP contribution >= 0.6 is 0 Å². The first-order valence-corrected chi connectivity index (χ1v) is 9.98. The smallest absolute Gasteiger partial charge is 0.254 e. The summed E-state index contributed by atoms with van der Waals surface area (Å²) in [6.45, 7) is 9.07. The molecule has 1 aliphatic rings. The number of nitrogens with zero attached hydrogens (tertiary/aromatic N) is 1. The van der Waals surface area contributed by atoms with Gasteiger partial charge >= 0.3 is 0 Å². The molecule has 1 aliphatic heterocycles. The number of hydrogen-bond acceptors (Lipinski definition) is 3. The molecule has 4 nitrogen and oxygen atoms in total. The van der Waals surface area contributed by atoms with Gasteiger partial charge in [0.05, 0.1) is 12.2 Å². The van der Waals surface area contributed by atoms with Crippen molar-refractivity contribution < 1.29 is 9.53 Å². The Morgan fingerprint density at radius 1 is 1.07 bits per heavy atom. The Morgan fingerprint density at radius 3 is 2.36 bits per heavy atom. The van der Waals surface area contributed by atoms with Crippen LogP contribution in [-0.4, -0.2) is 42.6 Å². The molecule has 0 aromatic heterocycles. The van der Waals surface area contributed by atoms with E-state index in [9.17, 15) is 4.79 Å². The van der Waals surface area contributed by atoms with E-state index in [0.29, 0.717) is 13.1 Å². The van der Waals surface area contributed by atoms with Gasteiger partial charge < -0.3 is 15.0 Å². The Morgan fingerprint density at radius 2 is 1.71 bits per heavy atom. The van der Waals surface area contributed by atoms with Crippen LogP contribution in [0, 0.1) is 0 Å². The summed E-state index contributed by atoms with van der Waals surface area (Å²) in [4.78, 5) is 14.6. The number of ether oxygens (including phenoxy) is 1. The fourth-order valence-electron chi connectivity index (χ4n) is 3.58. The van der Waals surface area contributed by atoms with Crippen LogP contribution in [0.4, 0.5) is 0 Å². The summed E-state index contributed by atoms with van der Waals surface area (Å²) >= 11 is 0. The third-order valence-electron chi connectivity index (χ3n) is 4.85. The number of nitrogens with one attached hydrogen (secondary N) is 1. The lowest BCUT2D eigenvalue weighted by atomic mass is 10.1. The normalized spacial score (nSPS) is 20.2. The van der Waals surface area contributed by atoms with Crippen LogP contribution < -0.4 is 5.32 Å². The maximum atomic E-state index is 12.7. The zero-order valence-electron chi connectivity index (χ0n) is 17.0. The van der Waals surface area contributed by atoms with E-state index in [1.54, 1.807) is 0 Å². The van der Waals surface area contributed by atoms with E-state index in [0.717, 1.165) is 18.7 Å². The van der Waals surface area contributed by atoms with Gasteiger partial charge in [-0.2, -0.15) is 0 Å². The van der Waals surface area contributed by atoms with E-state index in [1.165, 1.54) is 16.7 Å². The van der Waals surface area contributed by atoms with Gasteiger partial charge in [0.1, 0.15) is 0 Å². The van der Waals surface area contributed by atoms with E-state index in [-0.39, 0.29) is 18.1 Å². The summed E-state index contributed by atoms with van der Waals surface area (Å²) in [5, 5.41) is 3.47. The monoisotopic (exact) mass is 378 g/mol. The number of carbonyl (C=O) groups excluding carboxylic acids is 1. The Balaban J connectivity index is 1.50. The van der Waals surface area contributed by atoms with Gasteiger partial charge in [-0.1, -0.05) is 54.1 Å². The van der Waals surface area contributed by atoms with Crippen LogP contribution in [0.3, 0.4) is 0 Å². The maximum Gasteiger partial charge on any atom is 0.254 e. The standard InChI is InChI=1S/C24H30N2O2/c1-18(13-21-7-5-4-6-8-21)14-25-15-22-9-11-23(12-10-22)24(27)26-16-19(2)28-20(3)17-26/h4-13,19-20,25H,14-17H2,1-3H3/b18-13+. The molecule has 4 heteroatoms. The Kier molecular flexibility index (Phi) is 7.01. The van der Waals surface area contributed by atoms with Crippen molar-refractivity contribution in [3.05, 3.63) is 76.9 Å². The second-order valence-corrected chi connectivity index (χ2v) is 7.67. The van der Waals surface area contributed by atoms with E-state index in [4.69, 9.17) is 4.74 Å². The topological polar surface area (TPSA) is 41.6 Å². The molecule has 2 aromatic rings. The summed E-state index contributed by atoms with van der Waals surface area (Å²) in [6, 6.07) is 18.3. The molecule has 2 atom stereocenters. The molecule has 148 valence electrons. The van der Waals surface area contributed by atoms with Gasteiger partial charge in [-0.3, -0.25) is 4.79 Å². The molecule has 1 amide bonds. The molecule has 1 fully saturated rings. The van der Waals surface area contributed by atoms with Crippen molar-refractivity contribution in [1.82, 2.24) is 10.2 Å². The van der Waals surface area contributed by atoms with Crippen molar-refractivity contribution in [2.45, 2.75) is 39.5 Å². The predicted octanol–water partition coefficient (Wildman–Crippen LogP) is 4.13. The highest BCUT2D eigenvalue weighted by atomic mass is 16.5. The van der Waals surface area contributed by atoms with Crippen LogP contribution in [0.5, 0.6) is 0 Å². The van der Waals surface area contributed by atoms with Crippen molar-refractivity contribution in [3.8, 4) is 0 Å². The Hall–Kier alpha value is -2.43. The summed E-state index contributed by atoms with van der Waals surface area (Å²) < 4.78 is 5.72. The van der Waals surface area contributed by atoms with E-state index >= 15 is 0 Å². The van der Waals surface area contributed by atoms with E-state index < -0.39 is 0 Å². The van der Waals surface area contributed by atoms with Gasteiger partial charge in [0.2, 0.25) is 0 Å². The Labute approximate surface area is 168 Å². The molecule has 0 aliphatic carbocycles. The summed E-state index contributed by atoms with van der Waals surface area (Å²) in [5.74, 6) is 0.0862. The quantitative estimate of drug-likeness (QED) is 0.822. The zero-order valence-corrected chi connectivity index (χ0v) is 17.0. The highest BCUT2D eigenvalue weighted by Crippen LogP contribution is 2.15. The maximum absolute atomic E-state index is 12.7. The third kappa shape index (κ3) is 5.78. The minimum Gasteiger partial charge on any atom is -0.372 e. The third-order valence-corrected chi connectivity index (χ3v) is 4.85. The van der Waals surface area contributed by atoms with E-state index in [2.05, 4.69) is 30.4 Å². The lowest BCUT2D eigenvalue weighted by Gasteiger charge is -2.35. The van der Waals surface area contributed by atoms with Crippen molar-refractivity contribution in [3.63, 3.8) is 0 Å². The first-order chi connectivity index (χ1) is 13.5. The number of amides is 1. The molecule has 0 spiro atoms. The molecule has 3 rings (SSSR count). The van der Waals surface area contributed by atoms with Crippen LogP contribution in [-0.2, 0) is 11.3 Å². The van der Waals surface area contributed by atoms with Crippen molar-refractivity contribution >= 4 is 12.0 Å². The van der Waals surface area contributed by atoms with Gasteiger partial charge in [-0.05, 0) is 44.0 Å². The van der Waals surface area contributed by atoms with Crippen LogP contribution in [0.25, 0.3) is 6.08 Å². The number of carbonyl (C=O) groups is 1. The second kappa shape index (κ2) is 9.67. The molecular formula is C24H30N2O2. The minimum atomic E-state index is 0.0862. The molecule has 2 unspecified atom stereocenters. The first kappa shape index (κ1) is 20.3. The average Bonchev–Trinajstić information content (AvgIpc) is 2.68. The first-order valence-electron chi connectivity index (χ1n) is 9.98. The predicted molar refractivity (Wildman–Crippen MR) is 114 cm³/mol. The van der Waals surface area contributed by atoms with Gasteiger partial charge in [0.15, 0.2) is 0 Å². The number of hydrogen-bond donors (Lipinski definition) is 1. The van der Waals surface area contributed by atoms with Gasteiger partial charge in [-0.15, -0.1) is 0 Å². The number of rotatable bonds is 6. The van der Waals surface area contributed by atoms with Gasteiger partial charge in [-0.25, -0.2) is 0 Å². The molecule has 1 saturated heterocycles. The molecule has 28 heavy (non-hydrogen) atoms. The van der Waals surface area contributed by atoms with Crippen molar-refractivity contribution in [2.75, 3.05) is 19.6 Å². The lowest BCUT2D eigenvalue weighted by molar-refractivity contribution is -0.0586. The molecule has 0 radical (unpaired) electrons. The molecule has 1 N–H and O–H groups in total. The van der Waals surface area contributed by atoms with Crippen molar-refractivity contribution in [2.24, 2.45) is 0 Å². The van der Waals surface area contributed by atoms with Gasteiger partial charge in [0.25, 0.3) is 5.91 Å². The molecule has 0 bridgehead atoms. The Bertz CT molecular complexity index is 789. The fourth-order valence-corrected chi connectivity index (χ4v) is 3.58. The highest BCUT2D eigenvalue weighted by Gasteiger charge is 2.26. The van der Waals surface area contributed by atoms with Crippen LogP contribution in [0.15, 0.2) is 60.2 Å². The lowest BCUT2D eigenvalue weighted by Crippen LogP contribution is -2.48. The number of benzene rings is 2. The minimum absolute atomic E-state index is 0.0862. The molecule has 0 saturated carbocycles.